The molecule has 1 saturated heterocycles. The van der Waals surface area contributed by atoms with Crippen LogP contribution in [-0.2, 0) is 0 Å². The molecule has 3 atom stereocenters. The van der Waals surface area contributed by atoms with Crippen LogP contribution < -0.4 is 4.74 Å². The molecule has 1 aromatic carbocycles. The van der Waals surface area contributed by atoms with Gasteiger partial charge in [0.25, 0.3) is 0 Å². The maximum absolute atomic E-state index is 11.4. The minimum atomic E-state index is -0.873. The second kappa shape index (κ2) is 3.91. The summed E-state index contributed by atoms with van der Waals surface area (Å²) in [4.78, 5) is 12.9. The molecule has 5 heteroatoms. The van der Waals surface area contributed by atoms with Gasteiger partial charge < -0.3 is 9.84 Å². The molecule has 3 rings (SSSR count). The molecule has 1 amide bonds. The number of alkyl halides is 1. The molecule has 2 heterocycles. The molecule has 1 N–H and O–H groups in total. The van der Waals surface area contributed by atoms with Crippen molar-refractivity contribution in [3.8, 4) is 5.75 Å². The minimum Gasteiger partial charge on any atom is -0.488 e. The molecule has 90 valence electrons. The molecule has 1 aromatic rings. The Morgan fingerprint density at radius 3 is 3.00 bits per heavy atom. The van der Waals surface area contributed by atoms with E-state index in [0.29, 0.717) is 5.33 Å². The van der Waals surface area contributed by atoms with Gasteiger partial charge in [0.2, 0.25) is 0 Å². The van der Waals surface area contributed by atoms with E-state index in [9.17, 15) is 9.90 Å². The van der Waals surface area contributed by atoms with Gasteiger partial charge in [0.15, 0.2) is 0 Å². The third-order valence-electron chi connectivity index (χ3n) is 3.51. The zero-order valence-electron chi connectivity index (χ0n) is 9.04. The molecule has 0 saturated carbocycles. The van der Waals surface area contributed by atoms with Crippen LogP contribution in [0.1, 0.15) is 18.0 Å². The zero-order chi connectivity index (χ0) is 12.0. The molecule has 1 unspecified atom stereocenters. The summed E-state index contributed by atoms with van der Waals surface area (Å²) in [5.74, 6) is 0.823. The first kappa shape index (κ1) is 10.9. The van der Waals surface area contributed by atoms with Crippen molar-refractivity contribution < 1.29 is 14.6 Å². The van der Waals surface area contributed by atoms with Crippen molar-refractivity contribution in [2.24, 2.45) is 0 Å². The third-order valence-corrected chi connectivity index (χ3v) is 4.18. The second-order valence-electron chi connectivity index (χ2n) is 4.36. The van der Waals surface area contributed by atoms with Gasteiger partial charge in [0.05, 0.1) is 12.1 Å². The summed E-state index contributed by atoms with van der Waals surface area (Å²) in [5, 5.41) is 9.94. The van der Waals surface area contributed by atoms with Gasteiger partial charge in [-0.2, -0.15) is 0 Å². The van der Waals surface area contributed by atoms with Crippen LogP contribution in [-0.4, -0.2) is 33.6 Å². The van der Waals surface area contributed by atoms with Gasteiger partial charge in [-0.3, -0.25) is 4.90 Å². The van der Waals surface area contributed by atoms with Crippen molar-refractivity contribution in [1.82, 2.24) is 4.90 Å². The number of benzene rings is 1. The summed E-state index contributed by atoms with van der Waals surface area (Å²) in [5.41, 5.74) is 0.981. The molecule has 0 aromatic heterocycles. The normalized spacial score (nSPS) is 29.7. The SMILES string of the molecule is O=C(O)N1C(CBr)[C@@H]2C[C@H]1c1ccccc1O2. The standard InChI is InChI=1S/C12H12BrNO3/c13-6-9-11-5-8(14(9)12(15)16)7-3-1-2-4-10(7)17-11/h1-4,8-9,11H,5-6H2,(H,15,16)/t8-,9?,11-/m0/s1. The van der Waals surface area contributed by atoms with Crippen LogP contribution in [0.3, 0.4) is 0 Å². The number of fused-ring (bicyclic) bond motifs is 4. The molecule has 0 aliphatic carbocycles. The van der Waals surface area contributed by atoms with Gasteiger partial charge in [0.1, 0.15) is 11.9 Å². The van der Waals surface area contributed by atoms with Crippen LogP contribution in [0.2, 0.25) is 0 Å². The largest absolute Gasteiger partial charge is 0.488 e. The molecule has 4 nitrogen and oxygen atoms in total. The summed E-state index contributed by atoms with van der Waals surface area (Å²) in [6.07, 6.45) is -0.160. The van der Waals surface area contributed by atoms with E-state index < -0.39 is 6.09 Å². The number of hydrogen-bond acceptors (Lipinski definition) is 2. The fourth-order valence-electron chi connectivity index (χ4n) is 2.78. The molecular formula is C12H12BrNO3. The van der Waals surface area contributed by atoms with Crippen LogP contribution in [0.4, 0.5) is 4.79 Å². The van der Waals surface area contributed by atoms with Crippen molar-refractivity contribution in [2.45, 2.75) is 24.6 Å². The number of amides is 1. The van der Waals surface area contributed by atoms with Crippen molar-refractivity contribution in [2.75, 3.05) is 5.33 Å². The maximum Gasteiger partial charge on any atom is 0.408 e. The number of carboxylic acid groups (broad SMARTS) is 1. The van der Waals surface area contributed by atoms with Crippen LogP contribution in [0.15, 0.2) is 24.3 Å². The fraction of sp³-hybridized carbons (Fsp3) is 0.417. The van der Waals surface area contributed by atoms with Crippen molar-refractivity contribution in [3.63, 3.8) is 0 Å². The number of para-hydroxylation sites is 1. The highest BCUT2D eigenvalue weighted by molar-refractivity contribution is 9.09. The quantitative estimate of drug-likeness (QED) is 0.811. The van der Waals surface area contributed by atoms with Crippen LogP contribution >= 0.6 is 15.9 Å². The highest BCUT2D eigenvalue weighted by atomic mass is 79.9. The summed E-state index contributed by atoms with van der Waals surface area (Å²) >= 11 is 3.38. The van der Waals surface area contributed by atoms with Crippen molar-refractivity contribution in [3.05, 3.63) is 29.8 Å². The van der Waals surface area contributed by atoms with Crippen LogP contribution in [0, 0.1) is 0 Å². The molecular weight excluding hydrogens is 286 g/mol. The lowest BCUT2D eigenvalue weighted by Crippen LogP contribution is -2.41. The Hall–Kier alpha value is -1.23. The van der Waals surface area contributed by atoms with E-state index in [2.05, 4.69) is 15.9 Å². The third kappa shape index (κ3) is 1.52. The Bertz CT molecular complexity index is 465. The van der Waals surface area contributed by atoms with Gasteiger partial charge in [-0.25, -0.2) is 4.79 Å². The summed E-state index contributed by atoms with van der Waals surface area (Å²) < 4.78 is 5.87. The maximum atomic E-state index is 11.4. The Kier molecular flexibility index (Phi) is 2.50. The Morgan fingerprint density at radius 1 is 1.53 bits per heavy atom. The Labute approximate surface area is 107 Å². The molecule has 2 bridgehead atoms. The predicted octanol–water partition coefficient (Wildman–Crippen LogP) is 2.64. The number of rotatable bonds is 1. The number of hydrogen-bond donors (Lipinski definition) is 1. The molecule has 17 heavy (non-hydrogen) atoms. The van der Waals surface area contributed by atoms with Gasteiger partial charge in [-0.05, 0) is 6.07 Å². The van der Waals surface area contributed by atoms with Crippen molar-refractivity contribution in [1.29, 1.82) is 0 Å². The number of nitrogens with zero attached hydrogens (tertiary/aromatic N) is 1. The molecule has 2 aliphatic rings. The molecule has 0 spiro atoms. The number of likely N-dealkylation sites (tertiary alicyclic amines) is 1. The van der Waals surface area contributed by atoms with E-state index >= 15 is 0 Å². The van der Waals surface area contributed by atoms with E-state index in [0.717, 1.165) is 17.7 Å². The average molecular weight is 298 g/mol. The fourth-order valence-corrected chi connectivity index (χ4v) is 3.51. The summed E-state index contributed by atoms with van der Waals surface area (Å²) in [6, 6.07) is 7.52. The van der Waals surface area contributed by atoms with Crippen molar-refractivity contribution >= 4 is 22.0 Å². The first-order chi connectivity index (χ1) is 8.22. The molecule has 2 aliphatic heterocycles. The monoisotopic (exact) mass is 297 g/mol. The van der Waals surface area contributed by atoms with Crippen LogP contribution in [0.5, 0.6) is 5.75 Å². The summed E-state index contributed by atoms with van der Waals surface area (Å²) in [6.45, 7) is 0. The smallest absolute Gasteiger partial charge is 0.408 e. The average Bonchev–Trinajstić information content (AvgIpc) is 2.63. The highest BCUT2D eigenvalue weighted by Gasteiger charge is 2.49. The Morgan fingerprint density at radius 2 is 2.29 bits per heavy atom. The predicted molar refractivity (Wildman–Crippen MR) is 65.7 cm³/mol. The lowest BCUT2D eigenvalue weighted by atomic mass is 10.00. The van der Waals surface area contributed by atoms with Gasteiger partial charge in [0, 0.05) is 17.3 Å². The number of halogens is 1. The van der Waals surface area contributed by atoms with E-state index in [4.69, 9.17) is 4.74 Å². The van der Waals surface area contributed by atoms with Gasteiger partial charge >= 0.3 is 6.09 Å². The lowest BCUT2D eigenvalue weighted by molar-refractivity contribution is 0.117. The molecule has 0 radical (unpaired) electrons. The second-order valence-corrected chi connectivity index (χ2v) is 5.00. The first-order valence-corrected chi connectivity index (χ1v) is 6.67. The first-order valence-electron chi connectivity index (χ1n) is 5.55. The number of carbonyl (C=O) groups is 1. The molecule has 1 fully saturated rings. The lowest BCUT2D eigenvalue weighted by Gasteiger charge is -2.25. The van der Waals surface area contributed by atoms with E-state index in [1.54, 1.807) is 0 Å². The highest BCUT2D eigenvalue weighted by Crippen LogP contribution is 2.46. The van der Waals surface area contributed by atoms with E-state index in [-0.39, 0.29) is 18.2 Å². The van der Waals surface area contributed by atoms with E-state index in [1.807, 2.05) is 24.3 Å². The minimum absolute atomic E-state index is 0.0367. The van der Waals surface area contributed by atoms with E-state index in [1.165, 1.54) is 4.90 Å². The topological polar surface area (TPSA) is 49.8 Å². The number of ether oxygens (including phenoxy) is 1. The summed E-state index contributed by atoms with van der Waals surface area (Å²) in [7, 11) is 0. The zero-order valence-corrected chi connectivity index (χ0v) is 10.6. The van der Waals surface area contributed by atoms with Gasteiger partial charge in [-0.1, -0.05) is 34.1 Å². The van der Waals surface area contributed by atoms with Crippen LogP contribution in [0.25, 0.3) is 0 Å². The Balaban J connectivity index is 2.06. The van der Waals surface area contributed by atoms with Gasteiger partial charge in [-0.15, -0.1) is 0 Å².